The molecule has 50 heavy (non-hydrogen) atoms. The van der Waals surface area contributed by atoms with Crippen LogP contribution >= 0.6 is 0 Å². The molecule has 6 aromatic carbocycles. The summed E-state index contributed by atoms with van der Waals surface area (Å²) in [5, 5.41) is 10.7. The Hall–Kier alpha value is -6.25. The summed E-state index contributed by atoms with van der Waals surface area (Å²) in [6.45, 7) is 18.4. The van der Waals surface area contributed by atoms with Crippen molar-refractivity contribution in [1.82, 2.24) is 9.55 Å². The van der Waals surface area contributed by atoms with E-state index < -0.39 is 0 Å². The van der Waals surface area contributed by atoms with Crippen molar-refractivity contribution in [3.63, 3.8) is 0 Å². The van der Waals surface area contributed by atoms with Gasteiger partial charge in [0.25, 0.3) is 0 Å². The van der Waals surface area contributed by atoms with Gasteiger partial charge >= 0.3 is 0 Å². The van der Waals surface area contributed by atoms with Gasteiger partial charge in [0.05, 0.1) is 16.6 Å². The molecule has 0 unspecified atom stereocenters. The third-order valence-corrected chi connectivity index (χ3v) is 9.42. The fraction of sp³-hybridized carbons (Fsp3) is 0.0625. The van der Waals surface area contributed by atoms with Crippen LogP contribution in [0.4, 0.5) is 0 Å². The number of benzene rings is 6. The van der Waals surface area contributed by atoms with E-state index in [0.717, 1.165) is 49.3 Å². The van der Waals surface area contributed by atoms with E-state index in [9.17, 15) is 0 Å². The van der Waals surface area contributed by atoms with Gasteiger partial charge in [-0.05, 0) is 89.2 Å². The predicted molar refractivity (Wildman–Crippen MR) is 220 cm³/mol. The van der Waals surface area contributed by atoms with E-state index in [-0.39, 0.29) is 0 Å². The van der Waals surface area contributed by atoms with E-state index in [1.165, 1.54) is 43.4 Å². The monoisotopic (exact) mass is 644 g/mol. The number of rotatable bonds is 5. The first-order valence-electron chi connectivity index (χ1n) is 17.0. The van der Waals surface area contributed by atoms with Crippen LogP contribution in [0.3, 0.4) is 0 Å². The molecule has 0 spiro atoms. The molecule has 0 fully saturated rings. The van der Waals surface area contributed by atoms with Crippen LogP contribution in [-0.2, 0) is 0 Å². The van der Waals surface area contributed by atoms with Crippen LogP contribution in [0.2, 0.25) is 0 Å². The molecule has 2 heteroatoms. The van der Waals surface area contributed by atoms with Crippen molar-refractivity contribution in [2.45, 2.75) is 20.8 Å². The summed E-state index contributed by atoms with van der Waals surface area (Å²) in [6, 6.07) is 41.5. The average Bonchev–Trinajstić information content (AvgIpc) is 3.51. The minimum atomic E-state index is 0.940. The number of hydrogen-bond donors (Lipinski definition) is 0. The highest BCUT2D eigenvalue weighted by atomic mass is 15.0. The molecule has 8 aromatic rings. The lowest BCUT2D eigenvalue weighted by atomic mass is 9.96. The molecule has 0 aliphatic carbocycles. The topological polar surface area (TPSA) is 17.8 Å². The van der Waals surface area contributed by atoms with Gasteiger partial charge in [-0.25, -0.2) is 0 Å². The molecule has 0 radical (unpaired) electrons. The van der Waals surface area contributed by atoms with Crippen LogP contribution < -0.4 is 10.4 Å². The second kappa shape index (κ2) is 13.7. The summed E-state index contributed by atoms with van der Waals surface area (Å²) in [6.07, 6.45) is 11.7. The summed E-state index contributed by atoms with van der Waals surface area (Å²) in [5.41, 5.74) is 8.96. The molecule has 0 aliphatic heterocycles. The van der Waals surface area contributed by atoms with Crippen molar-refractivity contribution in [1.29, 1.82) is 0 Å². The molecule has 242 valence electrons. The van der Waals surface area contributed by atoms with Gasteiger partial charge in [-0.1, -0.05) is 141 Å². The molecule has 2 aromatic heterocycles. The first-order chi connectivity index (χ1) is 24.4. The number of fused-ring (bicyclic) bond motifs is 9. The molecule has 0 saturated carbocycles. The van der Waals surface area contributed by atoms with Crippen LogP contribution in [0.5, 0.6) is 0 Å². The number of allylic oxidation sites excluding steroid dienone is 6. The third-order valence-electron chi connectivity index (χ3n) is 9.42. The maximum absolute atomic E-state index is 4.57. The second-order valence-corrected chi connectivity index (χ2v) is 12.7. The summed E-state index contributed by atoms with van der Waals surface area (Å²) in [5.74, 6) is 0. The van der Waals surface area contributed by atoms with Crippen molar-refractivity contribution >= 4 is 78.1 Å². The lowest BCUT2D eigenvalue weighted by molar-refractivity contribution is 1.18. The van der Waals surface area contributed by atoms with Gasteiger partial charge in [0.2, 0.25) is 0 Å². The molecule has 0 saturated heterocycles. The Labute approximate surface area is 293 Å². The Morgan fingerprint density at radius 1 is 0.720 bits per heavy atom. The van der Waals surface area contributed by atoms with Gasteiger partial charge in [0, 0.05) is 38.6 Å². The Morgan fingerprint density at radius 3 is 2.08 bits per heavy atom. The highest BCUT2D eigenvalue weighted by Gasteiger charge is 2.19. The number of hydrogen-bond acceptors (Lipinski definition) is 1. The van der Waals surface area contributed by atoms with Crippen molar-refractivity contribution < 1.29 is 0 Å². The van der Waals surface area contributed by atoms with Crippen LogP contribution in [0.1, 0.15) is 31.9 Å². The van der Waals surface area contributed by atoms with E-state index in [1.54, 1.807) is 6.08 Å². The van der Waals surface area contributed by atoms with Crippen LogP contribution in [0.25, 0.3) is 83.7 Å². The molecule has 2 nitrogen and oxygen atoms in total. The zero-order chi connectivity index (χ0) is 34.8. The predicted octanol–water partition coefficient (Wildman–Crippen LogP) is 11.7. The lowest BCUT2D eigenvalue weighted by Crippen LogP contribution is -2.23. The fourth-order valence-electron chi connectivity index (χ4n) is 6.94. The van der Waals surface area contributed by atoms with Gasteiger partial charge in [0.15, 0.2) is 0 Å². The molecule has 0 aliphatic rings. The highest BCUT2D eigenvalue weighted by Crippen LogP contribution is 2.42. The van der Waals surface area contributed by atoms with Crippen LogP contribution in [-0.4, -0.2) is 9.55 Å². The van der Waals surface area contributed by atoms with E-state index >= 15 is 0 Å². The molecule has 0 amide bonds. The highest BCUT2D eigenvalue weighted by molar-refractivity contribution is 6.32. The molecular weight excluding hydrogens is 605 g/mol. The maximum Gasteiger partial charge on any atom is 0.0774 e. The zero-order valence-corrected chi connectivity index (χ0v) is 28.9. The van der Waals surface area contributed by atoms with Crippen molar-refractivity contribution in [3.8, 4) is 5.69 Å². The van der Waals surface area contributed by atoms with Gasteiger partial charge in [-0.2, -0.15) is 0 Å². The molecule has 8 rings (SSSR count). The largest absolute Gasteiger partial charge is 0.309 e. The van der Waals surface area contributed by atoms with E-state index in [2.05, 4.69) is 164 Å². The number of pyridine rings is 1. The number of aromatic nitrogens is 2. The molecule has 0 bridgehead atoms. The summed E-state index contributed by atoms with van der Waals surface area (Å²) in [4.78, 5) is 4.57. The van der Waals surface area contributed by atoms with Crippen LogP contribution in [0.15, 0.2) is 159 Å². The normalized spacial score (nSPS) is 12.3. The van der Waals surface area contributed by atoms with Gasteiger partial charge in [-0.3, -0.25) is 4.98 Å². The minimum absolute atomic E-state index is 0.940. The summed E-state index contributed by atoms with van der Waals surface area (Å²) >= 11 is 0. The van der Waals surface area contributed by atoms with Crippen molar-refractivity contribution in [2.75, 3.05) is 0 Å². The van der Waals surface area contributed by atoms with Gasteiger partial charge in [0.1, 0.15) is 0 Å². The first kappa shape index (κ1) is 32.3. The molecule has 0 N–H and O–H groups in total. The standard InChI is InChI=1S/C43H32N2.C5H8/c1-27(2)32-24-33(28(3)19-20-30-21-22-31-12-11-23-44-42(31)29(30)4)26-34(25-32)45-40-18-10-9-17-39(40)41-37-15-7-5-13-35(37)36-14-6-8-16-38(36)43(41)45;1-3-5-4-2/h5-26H,1,4H2,2-3H3;3-5H,1H2,2H3/b28-19+,30-20-;5-4-. The molecule has 2 heterocycles. The summed E-state index contributed by atoms with van der Waals surface area (Å²) in [7, 11) is 0. The summed E-state index contributed by atoms with van der Waals surface area (Å²) < 4.78 is 2.45. The van der Waals surface area contributed by atoms with E-state index in [4.69, 9.17) is 0 Å². The maximum atomic E-state index is 4.57. The molecular formula is C48H40N2. The number of nitrogens with zero attached hydrogens (tertiary/aromatic N) is 2. The van der Waals surface area contributed by atoms with Gasteiger partial charge < -0.3 is 4.57 Å². The fourth-order valence-corrected chi connectivity index (χ4v) is 6.94. The van der Waals surface area contributed by atoms with Crippen LogP contribution in [0, 0.1) is 0 Å². The molecule has 0 atom stereocenters. The lowest BCUT2D eigenvalue weighted by Gasteiger charge is -2.15. The van der Waals surface area contributed by atoms with Crippen molar-refractivity contribution in [2.24, 2.45) is 0 Å². The minimum Gasteiger partial charge on any atom is -0.309 e. The van der Waals surface area contributed by atoms with E-state index in [0.29, 0.717) is 0 Å². The van der Waals surface area contributed by atoms with Crippen molar-refractivity contribution in [3.05, 3.63) is 180 Å². The Balaban J connectivity index is 0.000000734. The Bertz CT molecular complexity index is 2790. The second-order valence-electron chi connectivity index (χ2n) is 12.7. The van der Waals surface area contributed by atoms with E-state index in [1.807, 2.05) is 31.3 Å². The number of para-hydroxylation sites is 1. The average molecular weight is 645 g/mol. The zero-order valence-electron chi connectivity index (χ0n) is 28.9. The quantitative estimate of drug-likeness (QED) is 0.135. The Morgan fingerprint density at radius 2 is 1.38 bits per heavy atom. The smallest absolute Gasteiger partial charge is 0.0774 e. The third kappa shape index (κ3) is 5.76. The Kier molecular flexibility index (Phi) is 8.85. The first-order valence-corrected chi connectivity index (χ1v) is 17.0. The SMILES string of the molecule is C=C(C)c1cc(/C(C)=C/C=c2/ccc3cccnc3c2=C)cc(-n2c3ccccc3c3c4ccccc4c4ccccc4c32)c1.C=C/C=C\C. The van der Waals surface area contributed by atoms with Gasteiger partial charge in [-0.15, -0.1) is 0 Å².